The van der Waals surface area contributed by atoms with Gasteiger partial charge in [-0.3, -0.25) is 14.0 Å². The van der Waals surface area contributed by atoms with Gasteiger partial charge in [-0.15, -0.1) is 11.3 Å². The Balaban J connectivity index is 1.65. The summed E-state index contributed by atoms with van der Waals surface area (Å²) in [6, 6.07) is 7.57. The van der Waals surface area contributed by atoms with Gasteiger partial charge in [-0.05, 0) is 31.0 Å². The van der Waals surface area contributed by atoms with Crippen LogP contribution in [0.3, 0.4) is 0 Å². The number of nitrogens with zero attached hydrogens (tertiary/aromatic N) is 2. The molecule has 2 aromatic heterocycles. The van der Waals surface area contributed by atoms with Gasteiger partial charge in [0.1, 0.15) is 11.3 Å². The van der Waals surface area contributed by atoms with Gasteiger partial charge >= 0.3 is 0 Å². The van der Waals surface area contributed by atoms with E-state index in [1.54, 1.807) is 0 Å². The summed E-state index contributed by atoms with van der Waals surface area (Å²) in [6.45, 7) is 4.97. The molecule has 0 fully saturated rings. The minimum absolute atomic E-state index is 0.0449. The van der Waals surface area contributed by atoms with Crippen molar-refractivity contribution in [3.63, 3.8) is 0 Å². The van der Waals surface area contributed by atoms with Crippen molar-refractivity contribution < 1.29 is 9.53 Å². The lowest BCUT2D eigenvalue weighted by molar-refractivity contribution is 0.0949. The second-order valence-corrected chi connectivity index (χ2v) is 6.84. The number of ether oxygens (including phenoxy) is 1. The molecule has 6 nitrogen and oxygen atoms in total. The summed E-state index contributed by atoms with van der Waals surface area (Å²) < 4.78 is 7.08. The highest BCUT2D eigenvalue weighted by molar-refractivity contribution is 7.15. The molecule has 0 radical (unpaired) electrons. The molecule has 0 unspecified atom stereocenters. The summed E-state index contributed by atoms with van der Waals surface area (Å²) >= 11 is 1.38. The maximum atomic E-state index is 12.5. The van der Waals surface area contributed by atoms with Gasteiger partial charge in [-0.1, -0.05) is 25.5 Å². The van der Waals surface area contributed by atoms with Crippen LogP contribution in [0.25, 0.3) is 4.96 Å². The average Bonchev–Trinajstić information content (AvgIpc) is 3.03. The highest BCUT2D eigenvalue weighted by atomic mass is 32.1. The minimum atomic E-state index is -0.425. The van der Waals surface area contributed by atoms with Crippen LogP contribution in [0, 0.1) is 6.92 Å². The molecule has 0 atom stereocenters. The summed E-state index contributed by atoms with van der Waals surface area (Å²) in [4.78, 5) is 29.6. The van der Waals surface area contributed by atoms with Crippen LogP contribution in [0.4, 0.5) is 0 Å². The van der Waals surface area contributed by atoms with E-state index < -0.39 is 5.91 Å². The number of amides is 1. The maximum absolute atomic E-state index is 12.5. The Morgan fingerprint density at radius 3 is 2.81 bits per heavy atom. The van der Waals surface area contributed by atoms with Crippen molar-refractivity contribution in [1.29, 1.82) is 0 Å². The first-order chi connectivity index (χ1) is 12.6. The van der Waals surface area contributed by atoms with Crippen LogP contribution in [0.2, 0.25) is 0 Å². The van der Waals surface area contributed by atoms with Gasteiger partial charge in [0, 0.05) is 23.8 Å². The number of unbranched alkanes of at least 4 members (excludes halogenated alkanes) is 1. The van der Waals surface area contributed by atoms with Crippen LogP contribution in [0.1, 0.15) is 41.4 Å². The number of aromatic nitrogens is 2. The zero-order valence-electron chi connectivity index (χ0n) is 14.8. The molecule has 0 aliphatic carbocycles. The quantitative estimate of drug-likeness (QED) is 0.648. The maximum Gasteiger partial charge on any atom is 0.271 e. The molecular formula is C19H21N3O3S. The minimum Gasteiger partial charge on any atom is -0.494 e. The van der Waals surface area contributed by atoms with Gasteiger partial charge < -0.3 is 10.1 Å². The van der Waals surface area contributed by atoms with E-state index in [4.69, 9.17) is 4.74 Å². The number of hydrogen-bond acceptors (Lipinski definition) is 5. The third-order valence-corrected chi connectivity index (χ3v) is 4.96. The zero-order chi connectivity index (χ0) is 18.5. The highest BCUT2D eigenvalue weighted by Gasteiger charge is 2.14. The Bertz CT molecular complexity index is 960. The number of hydrogen-bond donors (Lipinski definition) is 1. The van der Waals surface area contributed by atoms with Crippen molar-refractivity contribution in [3.8, 4) is 5.75 Å². The normalized spacial score (nSPS) is 10.8. The smallest absolute Gasteiger partial charge is 0.271 e. The molecule has 3 rings (SSSR count). The summed E-state index contributed by atoms with van der Waals surface area (Å²) in [5.41, 5.74) is 1.41. The highest BCUT2D eigenvalue weighted by Crippen LogP contribution is 2.13. The predicted octanol–water partition coefficient (Wildman–Crippen LogP) is 3.17. The van der Waals surface area contributed by atoms with Gasteiger partial charge in [0.15, 0.2) is 4.96 Å². The van der Waals surface area contributed by atoms with E-state index in [-0.39, 0.29) is 11.1 Å². The summed E-state index contributed by atoms with van der Waals surface area (Å²) in [5, 5.41) is 4.62. The van der Waals surface area contributed by atoms with E-state index >= 15 is 0 Å². The Morgan fingerprint density at radius 1 is 1.31 bits per heavy atom. The first-order valence-corrected chi connectivity index (χ1v) is 9.44. The van der Waals surface area contributed by atoms with Crippen LogP contribution in [-0.4, -0.2) is 21.9 Å². The molecule has 2 heterocycles. The predicted molar refractivity (Wildman–Crippen MR) is 102 cm³/mol. The van der Waals surface area contributed by atoms with E-state index in [0.717, 1.165) is 29.8 Å². The van der Waals surface area contributed by atoms with Crippen LogP contribution in [0.5, 0.6) is 5.75 Å². The van der Waals surface area contributed by atoms with Crippen molar-refractivity contribution in [2.24, 2.45) is 0 Å². The molecule has 0 aliphatic rings. The number of thiazole rings is 1. The topological polar surface area (TPSA) is 72.7 Å². The lowest BCUT2D eigenvalue weighted by Gasteiger charge is -2.08. The van der Waals surface area contributed by atoms with Crippen LogP contribution in [0.15, 0.2) is 40.6 Å². The Labute approximate surface area is 155 Å². The Kier molecular flexibility index (Phi) is 5.68. The summed E-state index contributed by atoms with van der Waals surface area (Å²) in [6.07, 6.45) is 3.46. The SMILES string of the molecule is CCCCOc1ccc(CNC(=O)c2cnc3scc(C)n3c2=O)cc1. The molecule has 3 aromatic rings. The molecule has 0 saturated heterocycles. The van der Waals surface area contributed by atoms with E-state index in [1.807, 2.05) is 36.6 Å². The number of nitrogens with one attached hydrogen (secondary N) is 1. The largest absolute Gasteiger partial charge is 0.494 e. The third-order valence-electron chi connectivity index (χ3n) is 4.00. The molecule has 0 bridgehead atoms. The number of carbonyl (C=O) groups excluding carboxylic acids is 1. The first kappa shape index (κ1) is 18.1. The van der Waals surface area contributed by atoms with Crippen LogP contribution >= 0.6 is 11.3 Å². The second kappa shape index (κ2) is 8.14. The number of rotatable bonds is 7. The molecule has 0 spiro atoms. The van der Waals surface area contributed by atoms with Gasteiger partial charge in [-0.25, -0.2) is 4.98 Å². The second-order valence-electron chi connectivity index (χ2n) is 6.00. The molecule has 26 heavy (non-hydrogen) atoms. The van der Waals surface area contributed by atoms with Crippen molar-refractivity contribution in [2.45, 2.75) is 33.2 Å². The van der Waals surface area contributed by atoms with E-state index in [1.165, 1.54) is 21.9 Å². The van der Waals surface area contributed by atoms with Gasteiger partial charge in [0.2, 0.25) is 0 Å². The number of carbonyl (C=O) groups is 1. The molecular weight excluding hydrogens is 350 g/mol. The molecule has 7 heteroatoms. The van der Waals surface area contributed by atoms with Crippen LogP contribution < -0.4 is 15.6 Å². The lowest BCUT2D eigenvalue weighted by atomic mass is 10.2. The Morgan fingerprint density at radius 2 is 2.08 bits per heavy atom. The van der Waals surface area contributed by atoms with Crippen molar-refractivity contribution in [1.82, 2.24) is 14.7 Å². The van der Waals surface area contributed by atoms with Crippen LogP contribution in [-0.2, 0) is 6.54 Å². The van der Waals surface area contributed by atoms with Gasteiger partial charge in [0.25, 0.3) is 11.5 Å². The first-order valence-electron chi connectivity index (χ1n) is 8.56. The van der Waals surface area contributed by atoms with Gasteiger partial charge in [-0.2, -0.15) is 0 Å². The average molecular weight is 371 g/mol. The number of benzene rings is 1. The lowest BCUT2D eigenvalue weighted by Crippen LogP contribution is -2.31. The standard InChI is InChI=1S/C19H21N3O3S/c1-3-4-9-25-15-7-5-14(6-8-15)10-20-17(23)16-11-21-19-22(18(16)24)13(2)12-26-19/h5-8,11-12H,3-4,9-10H2,1-2H3,(H,20,23). The summed E-state index contributed by atoms with van der Waals surface area (Å²) in [5.74, 6) is 0.389. The number of aryl methyl sites for hydroxylation is 1. The van der Waals surface area contributed by atoms with Crippen molar-refractivity contribution >= 4 is 22.2 Å². The van der Waals surface area contributed by atoms with E-state index in [2.05, 4.69) is 17.2 Å². The van der Waals surface area contributed by atoms with E-state index in [0.29, 0.717) is 18.1 Å². The van der Waals surface area contributed by atoms with Crippen molar-refractivity contribution in [3.05, 3.63) is 63.0 Å². The molecule has 0 aliphatic heterocycles. The summed E-state index contributed by atoms with van der Waals surface area (Å²) in [7, 11) is 0. The monoisotopic (exact) mass is 371 g/mol. The van der Waals surface area contributed by atoms with E-state index in [9.17, 15) is 9.59 Å². The molecule has 1 aromatic carbocycles. The molecule has 136 valence electrons. The Hall–Kier alpha value is -2.67. The third kappa shape index (κ3) is 3.94. The fraction of sp³-hybridized carbons (Fsp3) is 0.316. The fourth-order valence-electron chi connectivity index (χ4n) is 2.50. The molecule has 0 saturated carbocycles. The molecule has 1 amide bonds. The number of fused-ring (bicyclic) bond motifs is 1. The van der Waals surface area contributed by atoms with Crippen molar-refractivity contribution in [2.75, 3.05) is 6.61 Å². The fourth-order valence-corrected chi connectivity index (χ4v) is 3.32. The van der Waals surface area contributed by atoms with Gasteiger partial charge in [0.05, 0.1) is 6.61 Å². The zero-order valence-corrected chi connectivity index (χ0v) is 15.6. The molecule has 1 N–H and O–H groups in total.